The number of fused-ring (bicyclic) bond motifs is 1. The first-order valence-electron chi connectivity index (χ1n) is 6.02. The van der Waals surface area contributed by atoms with Crippen molar-refractivity contribution in [1.29, 1.82) is 0 Å². The number of carbonyl (C=O) groups excluding carboxylic acids is 1. The zero-order valence-corrected chi connectivity index (χ0v) is 11.3. The number of nitrogens with zero attached hydrogens (tertiary/aromatic N) is 2. The minimum Gasteiger partial charge on any atom is -0.316 e. The summed E-state index contributed by atoms with van der Waals surface area (Å²) in [4.78, 5) is 16.2. The van der Waals surface area contributed by atoms with Crippen LogP contribution in [0.1, 0.15) is 26.7 Å². The van der Waals surface area contributed by atoms with Crippen molar-refractivity contribution in [2.45, 2.75) is 33.2 Å². The first-order valence-corrected chi connectivity index (χ1v) is 6.83. The second-order valence-corrected chi connectivity index (χ2v) is 5.02. The molecule has 0 saturated heterocycles. The molecule has 1 amide bonds. The summed E-state index contributed by atoms with van der Waals surface area (Å²) in [5.74, 6) is -0.410. The van der Waals surface area contributed by atoms with Crippen molar-refractivity contribution in [3.05, 3.63) is 28.8 Å². The Morgan fingerprint density at radius 1 is 1.44 bits per heavy atom. The first kappa shape index (κ1) is 13.0. The predicted octanol–water partition coefficient (Wildman–Crippen LogP) is 3.09. The van der Waals surface area contributed by atoms with E-state index < -0.39 is 0 Å². The maximum absolute atomic E-state index is 13.2. The molecule has 1 heterocycles. The molecule has 2 rings (SSSR count). The van der Waals surface area contributed by atoms with Crippen molar-refractivity contribution >= 4 is 27.5 Å². The highest BCUT2D eigenvalue weighted by molar-refractivity contribution is 7.16. The lowest BCUT2D eigenvalue weighted by Crippen LogP contribution is -2.16. The van der Waals surface area contributed by atoms with Gasteiger partial charge < -0.3 is 4.57 Å². The van der Waals surface area contributed by atoms with E-state index in [2.05, 4.69) is 11.9 Å². The summed E-state index contributed by atoms with van der Waals surface area (Å²) in [6.07, 6.45) is 1.32. The fourth-order valence-corrected chi connectivity index (χ4v) is 2.86. The molecule has 1 aromatic heterocycles. The highest BCUT2D eigenvalue weighted by atomic mass is 32.1. The van der Waals surface area contributed by atoms with E-state index in [0.29, 0.717) is 11.2 Å². The Bertz CT molecular complexity index is 642. The van der Waals surface area contributed by atoms with Gasteiger partial charge in [-0.15, -0.1) is 0 Å². The van der Waals surface area contributed by atoms with Crippen LogP contribution in [0.2, 0.25) is 0 Å². The predicted molar refractivity (Wildman–Crippen MR) is 70.9 cm³/mol. The van der Waals surface area contributed by atoms with Gasteiger partial charge in [0.2, 0.25) is 5.91 Å². The van der Waals surface area contributed by atoms with E-state index in [1.54, 1.807) is 13.0 Å². The zero-order chi connectivity index (χ0) is 13.1. The number of thiazole rings is 1. The first-order chi connectivity index (χ1) is 8.65. The van der Waals surface area contributed by atoms with E-state index in [-0.39, 0.29) is 11.7 Å². The van der Waals surface area contributed by atoms with Crippen molar-refractivity contribution < 1.29 is 9.18 Å². The Morgan fingerprint density at radius 3 is 2.89 bits per heavy atom. The van der Waals surface area contributed by atoms with Gasteiger partial charge in [-0.25, -0.2) is 4.39 Å². The molecule has 0 spiro atoms. The van der Waals surface area contributed by atoms with Crippen molar-refractivity contribution in [3.8, 4) is 0 Å². The normalized spacial score (nSPS) is 12.3. The molecule has 0 radical (unpaired) electrons. The maximum Gasteiger partial charge on any atom is 0.248 e. The zero-order valence-electron chi connectivity index (χ0n) is 10.4. The minimum atomic E-state index is -0.263. The van der Waals surface area contributed by atoms with Gasteiger partial charge in [0.05, 0.1) is 10.2 Å². The fraction of sp³-hybridized carbons (Fsp3) is 0.385. The van der Waals surface area contributed by atoms with Gasteiger partial charge in [-0.3, -0.25) is 4.79 Å². The Hall–Kier alpha value is -1.49. The van der Waals surface area contributed by atoms with E-state index in [1.165, 1.54) is 23.5 Å². The average molecular weight is 266 g/mol. The smallest absolute Gasteiger partial charge is 0.248 e. The second kappa shape index (κ2) is 5.44. The molecule has 1 aromatic carbocycles. The molecule has 0 aliphatic rings. The van der Waals surface area contributed by atoms with Gasteiger partial charge in [-0.05, 0) is 24.6 Å². The van der Waals surface area contributed by atoms with Gasteiger partial charge in [-0.2, -0.15) is 4.99 Å². The van der Waals surface area contributed by atoms with Gasteiger partial charge in [0.15, 0.2) is 4.80 Å². The molecule has 0 N–H and O–H groups in total. The number of halogens is 1. The average Bonchev–Trinajstić information content (AvgIpc) is 2.67. The number of hydrogen-bond acceptors (Lipinski definition) is 2. The minimum absolute atomic E-state index is 0.146. The quantitative estimate of drug-likeness (QED) is 0.840. The van der Waals surface area contributed by atoms with Crippen LogP contribution in [0.15, 0.2) is 23.2 Å². The number of amides is 1. The van der Waals surface area contributed by atoms with E-state index in [4.69, 9.17) is 0 Å². The van der Waals surface area contributed by atoms with Crippen LogP contribution in [-0.4, -0.2) is 10.5 Å². The van der Waals surface area contributed by atoms with Gasteiger partial charge in [0.1, 0.15) is 5.82 Å². The molecule has 3 nitrogen and oxygen atoms in total. The fourth-order valence-electron chi connectivity index (χ4n) is 1.76. The van der Waals surface area contributed by atoms with E-state index in [1.807, 2.05) is 4.57 Å². The van der Waals surface area contributed by atoms with Crippen LogP contribution >= 0.6 is 11.3 Å². The third-order valence-corrected chi connectivity index (χ3v) is 3.66. The Kier molecular flexibility index (Phi) is 3.91. The summed E-state index contributed by atoms with van der Waals surface area (Å²) in [6.45, 7) is 4.62. The van der Waals surface area contributed by atoms with Crippen molar-refractivity contribution in [1.82, 2.24) is 4.57 Å². The monoisotopic (exact) mass is 266 g/mol. The van der Waals surface area contributed by atoms with Gasteiger partial charge in [0.25, 0.3) is 0 Å². The van der Waals surface area contributed by atoms with Gasteiger partial charge >= 0.3 is 0 Å². The van der Waals surface area contributed by atoms with Crippen LogP contribution in [-0.2, 0) is 11.3 Å². The molecule has 0 aliphatic heterocycles. The molecule has 2 aromatic rings. The number of rotatable bonds is 3. The number of aromatic nitrogens is 1. The Balaban J connectivity index is 2.68. The molecule has 0 aliphatic carbocycles. The number of aryl methyl sites for hydroxylation is 1. The van der Waals surface area contributed by atoms with Crippen LogP contribution in [0.5, 0.6) is 0 Å². The van der Waals surface area contributed by atoms with Crippen LogP contribution in [0.25, 0.3) is 10.2 Å². The van der Waals surface area contributed by atoms with Gasteiger partial charge in [-0.1, -0.05) is 25.2 Å². The highest BCUT2D eigenvalue weighted by Gasteiger charge is 2.07. The summed E-state index contributed by atoms with van der Waals surface area (Å²) in [6, 6.07) is 4.67. The standard InChI is InChI=1S/C13H15FN2OS/c1-3-7-16-10-6-5-9(14)8-11(10)18-13(16)15-12(17)4-2/h5-6,8H,3-4,7H2,1-2H3. The number of benzene rings is 1. The molecule has 0 saturated carbocycles. The van der Waals surface area contributed by atoms with Crippen LogP contribution in [0.4, 0.5) is 4.39 Å². The maximum atomic E-state index is 13.2. The lowest BCUT2D eigenvalue weighted by molar-refractivity contribution is -0.117. The molecule has 0 unspecified atom stereocenters. The van der Waals surface area contributed by atoms with E-state index in [0.717, 1.165) is 23.2 Å². The number of carbonyl (C=O) groups is 1. The largest absolute Gasteiger partial charge is 0.316 e. The second-order valence-electron chi connectivity index (χ2n) is 4.01. The molecule has 0 atom stereocenters. The topological polar surface area (TPSA) is 34.4 Å². The van der Waals surface area contributed by atoms with Crippen LogP contribution in [0.3, 0.4) is 0 Å². The molecule has 0 bridgehead atoms. The SMILES string of the molecule is CCCn1c(=NC(=O)CC)sc2cc(F)ccc21. The summed E-state index contributed by atoms with van der Waals surface area (Å²) >= 11 is 1.36. The summed E-state index contributed by atoms with van der Waals surface area (Å²) in [7, 11) is 0. The van der Waals surface area contributed by atoms with Crippen LogP contribution < -0.4 is 4.80 Å². The van der Waals surface area contributed by atoms with E-state index in [9.17, 15) is 9.18 Å². The lowest BCUT2D eigenvalue weighted by atomic mass is 10.3. The van der Waals surface area contributed by atoms with E-state index >= 15 is 0 Å². The number of hydrogen-bond donors (Lipinski definition) is 0. The molecule has 18 heavy (non-hydrogen) atoms. The molecular weight excluding hydrogens is 251 g/mol. The summed E-state index contributed by atoms with van der Waals surface area (Å²) in [5, 5.41) is 0. The summed E-state index contributed by atoms with van der Waals surface area (Å²) in [5.41, 5.74) is 0.936. The summed E-state index contributed by atoms with van der Waals surface area (Å²) < 4.78 is 16.0. The third-order valence-electron chi connectivity index (χ3n) is 2.61. The lowest BCUT2D eigenvalue weighted by Gasteiger charge is -2.01. The van der Waals surface area contributed by atoms with Crippen molar-refractivity contribution in [2.24, 2.45) is 4.99 Å². The Labute approximate surface area is 109 Å². The molecular formula is C13H15FN2OS. The van der Waals surface area contributed by atoms with Crippen molar-refractivity contribution in [3.63, 3.8) is 0 Å². The third kappa shape index (κ3) is 2.51. The van der Waals surface area contributed by atoms with Crippen molar-refractivity contribution in [2.75, 3.05) is 0 Å². The molecule has 0 fully saturated rings. The van der Waals surface area contributed by atoms with Crippen LogP contribution in [0, 0.1) is 5.82 Å². The van der Waals surface area contributed by atoms with Gasteiger partial charge in [0, 0.05) is 13.0 Å². The molecule has 96 valence electrons. The molecule has 5 heteroatoms. The highest BCUT2D eigenvalue weighted by Crippen LogP contribution is 2.18. The Morgan fingerprint density at radius 2 is 2.22 bits per heavy atom.